The maximum absolute atomic E-state index is 13.3. The summed E-state index contributed by atoms with van der Waals surface area (Å²) in [5.74, 6) is -0.447. The summed E-state index contributed by atoms with van der Waals surface area (Å²) in [5, 5.41) is 3.01. The Hall–Kier alpha value is -1.30. The molecule has 0 heterocycles. The second kappa shape index (κ2) is 6.92. The van der Waals surface area contributed by atoms with Crippen molar-refractivity contribution in [3.63, 3.8) is 0 Å². The average Bonchev–Trinajstić information content (AvgIpc) is 2.32. The highest BCUT2D eigenvalue weighted by Gasteiger charge is 2.32. The smallest absolute Gasteiger partial charge is 0.360 e. The predicted molar refractivity (Wildman–Crippen MR) is 72.3 cm³/mol. The molecule has 1 N–H and O–H groups in total. The molecule has 0 fully saturated rings. The van der Waals surface area contributed by atoms with Crippen LogP contribution in [0.5, 0.6) is 0 Å². The van der Waals surface area contributed by atoms with Gasteiger partial charge in [-0.15, -0.1) is 0 Å². The van der Waals surface area contributed by atoms with E-state index >= 15 is 0 Å². The van der Waals surface area contributed by atoms with Gasteiger partial charge >= 0.3 is 6.18 Å². The lowest BCUT2D eigenvalue weighted by Gasteiger charge is -2.31. The van der Waals surface area contributed by atoms with Crippen LogP contribution in [0, 0.1) is 5.82 Å². The lowest BCUT2D eigenvalue weighted by atomic mass is 10.1. The summed E-state index contributed by atoms with van der Waals surface area (Å²) in [5.41, 5.74) is 0.949. The zero-order valence-electron chi connectivity index (χ0n) is 11.9. The molecule has 1 aromatic carbocycles. The molecule has 0 unspecified atom stereocenters. The van der Waals surface area contributed by atoms with Crippen molar-refractivity contribution in [2.45, 2.75) is 39.5 Å². The third-order valence-electron chi connectivity index (χ3n) is 2.89. The Kier molecular flexibility index (Phi) is 5.80. The number of halogens is 4. The van der Waals surface area contributed by atoms with Crippen LogP contribution in [-0.4, -0.2) is 25.3 Å². The summed E-state index contributed by atoms with van der Waals surface area (Å²) in [4.78, 5) is 1.24. The van der Waals surface area contributed by atoms with Crippen LogP contribution in [0.2, 0.25) is 0 Å². The van der Waals surface area contributed by atoms with Gasteiger partial charge in [-0.05, 0) is 44.2 Å². The fourth-order valence-electron chi connectivity index (χ4n) is 1.97. The Bertz CT molecular complexity index is 430. The number of nitrogens with zero attached hydrogens (tertiary/aromatic N) is 1. The van der Waals surface area contributed by atoms with Crippen molar-refractivity contribution in [1.29, 1.82) is 0 Å². The minimum atomic E-state index is -4.30. The summed E-state index contributed by atoms with van der Waals surface area (Å²) in [6.07, 6.45) is -4.30. The molecule has 0 aliphatic carbocycles. The number of anilines is 1. The molecule has 0 saturated heterocycles. The molecular formula is C14H20F4N2. The van der Waals surface area contributed by atoms with Crippen molar-refractivity contribution in [1.82, 2.24) is 5.32 Å². The minimum absolute atomic E-state index is 0.331. The van der Waals surface area contributed by atoms with Gasteiger partial charge < -0.3 is 10.2 Å². The molecule has 0 radical (unpaired) electrons. The summed E-state index contributed by atoms with van der Waals surface area (Å²) in [7, 11) is 0. The van der Waals surface area contributed by atoms with Crippen LogP contribution in [-0.2, 0) is 6.54 Å². The first-order chi connectivity index (χ1) is 9.24. The molecule has 1 rings (SSSR count). The van der Waals surface area contributed by atoms with Crippen LogP contribution >= 0.6 is 0 Å². The Labute approximate surface area is 116 Å². The van der Waals surface area contributed by atoms with Gasteiger partial charge in [-0.1, -0.05) is 6.92 Å². The normalized spacial score (nSPS) is 12.0. The highest BCUT2D eigenvalue weighted by Crippen LogP contribution is 2.28. The highest BCUT2D eigenvalue weighted by atomic mass is 19.4. The monoisotopic (exact) mass is 292 g/mol. The number of alkyl halides is 3. The van der Waals surface area contributed by atoms with E-state index < -0.39 is 18.5 Å². The second-order valence-electron chi connectivity index (χ2n) is 4.89. The quantitative estimate of drug-likeness (QED) is 0.804. The van der Waals surface area contributed by atoms with E-state index in [0.29, 0.717) is 24.3 Å². The second-order valence-corrected chi connectivity index (χ2v) is 4.89. The van der Waals surface area contributed by atoms with Gasteiger partial charge in [-0.2, -0.15) is 13.2 Å². The number of hydrogen-bond donors (Lipinski definition) is 1. The first-order valence-corrected chi connectivity index (χ1v) is 6.57. The lowest BCUT2D eigenvalue weighted by Crippen LogP contribution is -2.40. The number of benzene rings is 1. The zero-order chi connectivity index (χ0) is 15.3. The van der Waals surface area contributed by atoms with E-state index in [1.54, 1.807) is 13.8 Å². The number of rotatable bonds is 6. The molecule has 0 aliphatic heterocycles. The molecule has 1 aromatic rings. The number of nitrogens with one attached hydrogen (secondary N) is 1. The molecule has 20 heavy (non-hydrogen) atoms. The maximum atomic E-state index is 13.3. The van der Waals surface area contributed by atoms with Crippen LogP contribution in [0.1, 0.15) is 26.3 Å². The van der Waals surface area contributed by atoms with Crippen LogP contribution in [0.3, 0.4) is 0 Å². The standard InChI is InChI=1S/C14H20F4N2/c1-4-19-8-11-7-12(15)5-6-13(11)20(10(2)3)9-14(16,17)18/h5-7,10,19H,4,8-9H2,1-3H3. The molecule has 0 aromatic heterocycles. The van der Waals surface area contributed by atoms with Crippen molar-refractivity contribution in [3.8, 4) is 0 Å². The van der Waals surface area contributed by atoms with E-state index in [0.717, 1.165) is 0 Å². The molecule has 0 bridgehead atoms. The molecule has 0 amide bonds. The van der Waals surface area contributed by atoms with E-state index in [-0.39, 0.29) is 6.04 Å². The minimum Gasteiger partial charge on any atom is -0.360 e. The summed E-state index contributed by atoms with van der Waals surface area (Å²) >= 11 is 0. The third-order valence-corrected chi connectivity index (χ3v) is 2.89. The Morgan fingerprint density at radius 1 is 1.25 bits per heavy atom. The Morgan fingerprint density at radius 2 is 1.90 bits per heavy atom. The van der Waals surface area contributed by atoms with E-state index in [1.165, 1.54) is 23.1 Å². The molecular weight excluding hydrogens is 272 g/mol. The van der Waals surface area contributed by atoms with Crippen molar-refractivity contribution in [2.24, 2.45) is 0 Å². The molecule has 6 heteroatoms. The SMILES string of the molecule is CCNCc1cc(F)ccc1N(CC(F)(F)F)C(C)C. The maximum Gasteiger partial charge on any atom is 0.405 e. The fraction of sp³-hybridized carbons (Fsp3) is 0.571. The summed E-state index contributed by atoms with van der Waals surface area (Å²) in [6.45, 7) is 5.21. The largest absolute Gasteiger partial charge is 0.405 e. The Morgan fingerprint density at radius 3 is 2.40 bits per heavy atom. The molecule has 114 valence electrons. The lowest BCUT2D eigenvalue weighted by molar-refractivity contribution is -0.120. The summed E-state index contributed by atoms with van der Waals surface area (Å²) in [6, 6.07) is 3.55. The number of hydrogen-bond acceptors (Lipinski definition) is 2. The molecule has 0 aliphatic rings. The molecule has 0 spiro atoms. The Balaban J connectivity index is 3.11. The van der Waals surface area contributed by atoms with E-state index in [4.69, 9.17) is 0 Å². The van der Waals surface area contributed by atoms with Gasteiger partial charge in [-0.25, -0.2) is 4.39 Å². The summed E-state index contributed by atoms with van der Waals surface area (Å²) < 4.78 is 51.4. The fourth-order valence-corrected chi connectivity index (χ4v) is 1.97. The van der Waals surface area contributed by atoms with Crippen LogP contribution in [0.15, 0.2) is 18.2 Å². The van der Waals surface area contributed by atoms with Crippen LogP contribution in [0.4, 0.5) is 23.2 Å². The third kappa shape index (κ3) is 5.00. The van der Waals surface area contributed by atoms with Crippen molar-refractivity contribution < 1.29 is 17.6 Å². The van der Waals surface area contributed by atoms with Gasteiger partial charge in [0.15, 0.2) is 0 Å². The van der Waals surface area contributed by atoms with Gasteiger partial charge in [0, 0.05) is 18.3 Å². The van der Waals surface area contributed by atoms with Gasteiger partial charge in [-0.3, -0.25) is 0 Å². The van der Waals surface area contributed by atoms with Gasteiger partial charge in [0.05, 0.1) is 0 Å². The highest BCUT2D eigenvalue weighted by molar-refractivity contribution is 5.54. The van der Waals surface area contributed by atoms with Crippen molar-refractivity contribution in [2.75, 3.05) is 18.0 Å². The first kappa shape index (κ1) is 16.8. The van der Waals surface area contributed by atoms with Crippen LogP contribution in [0.25, 0.3) is 0 Å². The van der Waals surface area contributed by atoms with Gasteiger partial charge in [0.2, 0.25) is 0 Å². The van der Waals surface area contributed by atoms with E-state index in [9.17, 15) is 17.6 Å². The van der Waals surface area contributed by atoms with Crippen molar-refractivity contribution in [3.05, 3.63) is 29.6 Å². The average molecular weight is 292 g/mol. The topological polar surface area (TPSA) is 15.3 Å². The van der Waals surface area contributed by atoms with Gasteiger partial charge in [0.25, 0.3) is 0 Å². The predicted octanol–water partition coefficient (Wildman–Crippen LogP) is 3.71. The molecule has 0 saturated carbocycles. The molecule has 0 atom stereocenters. The van der Waals surface area contributed by atoms with E-state index in [2.05, 4.69) is 5.32 Å². The van der Waals surface area contributed by atoms with Crippen molar-refractivity contribution >= 4 is 5.69 Å². The first-order valence-electron chi connectivity index (χ1n) is 6.57. The molecule has 2 nitrogen and oxygen atoms in total. The van der Waals surface area contributed by atoms with E-state index in [1.807, 2.05) is 6.92 Å². The van der Waals surface area contributed by atoms with Crippen LogP contribution < -0.4 is 10.2 Å². The zero-order valence-corrected chi connectivity index (χ0v) is 11.9. The van der Waals surface area contributed by atoms with Gasteiger partial charge in [0.1, 0.15) is 12.4 Å².